The molecule has 0 amide bonds. The van der Waals surface area contributed by atoms with E-state index in [2.05, 4.69) is 0 Å². The van der Waals surface area contributed by atoms with E-state index >= 15 is 0 Å². The summed E-state index contributed by atoms with van der Waals surface area (Å²) in [7, 11) is 0. The van der Waals surface area contributed by atoms with Gasteiger partial charge in [-0.3, -0.25) is 4.79 Å². The zero-order valence-corrected chi connectivity index (χ0v) is 11.2. The number of para-hydroxylation sites is 2. The van der Waals surface area contributed by atoms with E-state index in [1.54, 1.807) is 12.3 Å². The predicted molar refractivity (Wildman–Crippen MR) is 75.8 cm³/mol. The lowest BCUT2D eigenvalue weighted by atomic mass is 10.2. The molecule has 0 unspecified atom stereocenters. The van der Waals surface area contributed by atoms with Gasteiger partial charge in [-0.25, -0.2) is 0 Å². The summed E-state index contributed by atoms with van der Waals surface area (Å²) in [6.45, 7) is 4.67. The van der Waals surface area contributed by atoms with E-state index in [1.165, 1.54) is 0 Å². The standard InChI is InChI=1S/C15H18N2O2/c1-3-19-15-7-5-4-6-13(15)17-10-12(9-16)14(18)8-11(17)2/h4-8,10H,3,9,16H2,1-2H3. The number of hydrogen-bond acceptors (Lipinski definition) is 3. The van der Waals surface area contributed by atoms with Crippen molar-refractivity contribution in [1.82, 2.24) is 4.57 Å². The molecule has 1 heterocycles. The van der Waals surface area contributed by atoms with E-state index in [-0.39, 0.29) is 12.0 Å². The Bertz CT molecular complexity index is 632. The zero-order chi connectivity index (χ0) is 13.8. The van der Waals surface area contributed by atoms with Crippen molar-refractivity contribution in [3.8, 4) is 11.4 Å². The summed E-state index contributed by atoms with van der Waals surface area (Å²) in [4.78, 5) is 11.7. The number of ether oxygens (including phenoxy) is 1. The Morgan fingerprint density at radius 2 is 2.05 bits per heavy atom. The molecule has 1 aromatic heterocycles. The van der Waals surface area contributed by atoms with Gasteiger partial charge in [0.05, 0.1) is 12.3 Å². The second kappa shape index (κ2) is 5.71. The lowest BCUT2D eigenvalue weighted by Crippen LogP contribution is -2.17. The third kappa shape index (κ3) is 2.69. The first-order chi connectivity index (χ1) is 9.17. The van der Waals surface area contributed by atoms with Crippen LogP contribution in [0.1, 0.15) is 18.2 Å². The van der Waals surface area contributed by atoms with Gasteiger partial charge in [-0.1, -0.05) is 12.1 Å². The van der Waals surface area contributed by atoms with Crippen LogP contribution in [0, 0.1) is 6.92 Å². The number of rotatable bonds is 4. The molecule has 0 radical (unpaired) electrons. The maximum absolute atomic E-state index is 11.7. The summed E-state index contributed by atoms with van der Waals surface area (Å²) in [5.74, 6) is 0.791. The highest BCUT2D eigenvalue weighted by Gasteiger charge is 2.08. The Morgan fingerprint density at radius 3 is 2.74 bits per heavy atom. The first-order valence-corrected chi connectivity index (χ1v) is 6.31. The van der Waals surface area contributed by atoms with Crippen molar-refractivity contribution in [2.24, 2.45) is 5.73 Å². The molecule has 2 aromatic rings. The summed E-state index contributed by atoms with van der Waals surface area (Å²) in [5, 5.41) is 0. The molecule has 4 nitrogen and oxygen atoms in total. The SMILES string of the molecule is CCOc1ccccc1-n1cc(CN)c(=O)cc1C. The fraction of sp³-hybridized carbons (Fsp3) is 0.267. The molecular weight excluding hydrogens is 240 g/mol. The zero-order valence-electron chi connectivity index (χ0n) is 11.2. The third-order valence-electron chi connectivity index (χ3n) is 2.97. The fourth-order valence-electron chi connectivity index (χ4n) is 2.02. The highest BCUT2D eigenvalue weighted by molar-refractivity contribution is 5.48. The van der Waals surface area contributed by atoms with Gasteiger partial charge in [-0.05, 0) is 26.0 Å². The number of benzene rings is 1. The highest BCUT2D eigenvalue weighted by Crippen LogP contribution is 2.23. The van der Waals surface area contributed by atoms with Crippen molar-refractivity contribution in [1.29, 1.82) is 0 Å². The van der Waals surface area contributed by atoms with Crippen molar-refractivity contribution in [2.75, 3.05) is 6.61 Å². The summed E-state index contributed by atoms with van der Waals surface area (Å²) < 4.78 is 7.56. The summed E-state index contributed by atoms with van der Waals surface area (Å²) >= 11 is 0. The van der Waals surface area contributed by atoms with Crippen LogP contribution in [0.15, 0.2) is 41.3 Å². The number of aryl methyl sites for hydroxylation is 1. The van der Waals surface area contributed by atoms with E-state index < -0.39 is 0 Å². The molecule has 1 aromatic carbocycles. The first-order valence-electron chi connectivity index (χ1n) is 6.31. The largest absolute Gasteiger partial charge is 0.492 e. The second-order valence-corrected chi connectivity index (χ2v) is 4.28. The van der Waals surface area contributed by atoms with Crippen LogP contribution in [0.25, 0.3) is 5.69 Å². The Labute approximate surface area is 112 Å². The minimum atomic E-state index is -0.0230. The van der Waals surface area contributed by atoms with E-state index in [4.69, 9.17) is 10.5 Å². The molecule has 4 heteroatoms. The normalized spacial score (nSPS) is 10.5. The van der Waals surface area contributed by atoms with Crippen LogP contribution >= 0.6 is 0 Å². The number of nitrogens with two attached hydrogens (primary N) is 1. The molecule has 0 fully saturated rings. The second-order valence-electron chi connectivity index (χ2n) is 4.28. The van der Waals surface area contributed by atoms with Gasteiger partial charge in [0, 0.05) is 30.1 Å². The Morgan fingerprint density at radius 1 is 1.32 bits per heavy atom. The third-order valence-corrected chi connectivity index (χ3v) is 2.97. The molecule has 100 valence electrons. The molecule has 0 aliphatic rings. The molecule has 2 N–H and O–H groups in total. The molecule has 0 atom stereocenters. The molecule has 0 bridgehead atoms. The summed E-state index contributed by atoms with van der Waals surface area (Å²) in [6, 6.07) is 9.35. The van der Waals surface area contributed by atoms with Crippen LogP contribution in [0.5, 0.6) is 5.75 Å². The predicted octanol–water partition coefficient (Wildman–Crippen LogP) is 2.00. The topological polar surface area (TPSA) is 57.2 Å². The van der Waals surface area contributed by atoms with Crippen LogP contribution in [0.2, 0.25) is 0 Å². The quantitative estimate of drug-likeness (QED) is 0.912. The van der Waals surface area contributed by atoms with E-state index in [0.29, 0.717) is 12.2 Å². The lowest BCUT2D eigenvalue weighted by molar-refractivity contribution is 0.339. The summed E-state index contributed by atoms with van der Waals surface area (Å²) in [6.07, 6.45) is 1.79. The van der Waals surface area contributed by atoms with Crippen LogP contribution in [-0.4, -0.2) is 11.2 Å². The van der Waals surface area contributed by atoms with Gasteiger partial charge in [-0.15, -0.1) is 0 Å². The Kier molecular flexibility index (Phi) is 4.02. The Hall–Kier alpha value is -2.07. The minimum absolute atomic E-state index is 0.0230. The van der Waals surface area contributed by atoms with Crippen molar-refractivity contribution in [3.05, 3.63) is 58.0 Å². The van der Waals surface area contributed by atoms with Crippen molar-refractivity contribution in [3.63, 3.8) is 0 Å². The van der Waals surface area contributed by atoms with Gasteiger partial charge in [0.15, 0.2) is 5.43 Å². The van der Waals surface area contributed by atoms with E-state index in [0.717, 1.165) is 17.1 Å². The maximum atomic E-state index is 11.7. The van der Waals surface area contributed by atoms with Crippen molar-refractivity contribution >= 4 is 0 Å². The van der Waals surface area contributed by atoms with Gasteiger partial charge < -0.3 is 15.0 Å². The van der Waals surface area contributed by atoms with Crippen molar-refractivity contribution < 1.29 is 4.74 Å². The molecule has 19 heavy (non-hydrogen) atoms. The molecule has 2 rings (SSSR count). The molecule has 0 aliphatic carbocycles. The average Bonchev–Trinajstić information content (AvgIpc) is 2.40. The fourth-order valence-corrected chi connectivity index (χ4v) is 2.02. The molecule has 0 spiro atoms. The first kappa shape index (κ1) is 13.4. The molecule has 0 aliphatic heterocycles. The van der Waals surface area contributed by atoms with Crippen molar-refractivity contribution in [2.45, 2.75) is 20.4 Å². The number of hydrogen-bond donors (Lipinski definition) is 1. The monoisotopic (exact) mass is 258 g/mol. The maximum Gasteiger partial charge on any atom is 0.186 e. The molecule has 0 saturated heterocycles. The number of aromatic nitrogens is 1. The average molecular weight is 258 g/mol. The number of pyridine rings is 1. The van der Waals surface area contributed by atoms with Gasteiger partial charge in [0.25, 0.3) is 0 Å². The number of nitrogens with zero attached hydrogens (tertiary/aromatic N) is 1. The lowest BCUT2D eigenvalue weighted by Gasteiger charge is -2.16. The smallest absolute Gasteiger partial charge is 0.186 e. The van der Waals surface area contributed by atoms with Gasteiger partial charge in [-0.2, -0.15) is 0 Å². The van der Waals surface area contributed by atoms with Gasteiger partial charge in [0.2, 0.25) is 0 Å². The molecular formula is C15H18N2O2. The van der Waals surface area contributed by atoms with E-state index in [1.807, 2.05) is 42.7 Å². The van der Waals surface area contributed by atoms with Gasteiger partial charge >= 0.3 is 0 Å². The minimum Gasteiger partial charge on any atom is -0.492 e. The Balaban J connectivity index is 2.61. The van der Waals surface area contributed by atoms with E-state index in [9.17, 15) is 4.79 Å². The van der Waals surface area contributed by atoms with Crippen LogP contribution in [-0.2, 0) is 6.54 Å². The van der Waals surface area contributed by atoms with Crippen LogP contribution < -0.4 is 15.9 Å². The molecule has 0 saturated carbocycles. The summed E-state index contributed by atoms with van der Waals surface area (Å²) in [5.41, 5.74) is 7.94. The van der Waals surface area contributed by atoms with Crippen LogP contribution in [0.4, 0.5) is 0 Å². The van der Waals surface area contributed by atoms with Gasteiger partial charge in [0.1, 0.15) is 5.75 Å². The highest BCUT2D eigenvalue weighted by atomic mass is 16.5. The van der Waals surface area contributed by atoms with Crippen LogP contribution in [0.3, 0.4) is 0 Å².